The zero-order valence-electron chi connectivity index (χ0n) is 14.5. The van der Waals surface area contributed by atoms with Crippen LogP contribution in [-0.2, 0) is 10.2 Å². The van der Waals surface area contributed by atoms with Gasteiger partial charge in [0.05, 0.1) is 5.41 Å². The molecule has 0 bridgehead atoms. The van der Waals surface area contributed by atoms with E-state index in [2.05, 4.69) is 15.0 Å². The standard InChI is InChI=1S/C18H17F3N2O4/c1-17(2,16(25)26)11-5-7-12(8-6-11)23-14(24)13-4-3-9-22-15(13)27-10-18(19,20)21/h3-9H,10H2,1-2H3,(H,23,24)(H,25,26). The van der Waals surface area contributed by atoms with Gasteiger partial charge in [-0.2, -0.15) is 13.2 Å². The molecule has 0 radical (unpaired) electrons. The molecule has 2 aromatic rings. The van der Waals surface area contributed by atoms with Gasteiger partial charge in [0.2, 0.25) is 5.88 Å². The Morgan fingerprint density at radius 2 is 1.78 bits per heavy atom. The summed E-state index contributed by atoms with van der Waals surface area (Å²) in [5, 5.41) is 11.7. The fourth-order valence-electron chi connectivity index (χ4n) is 2.12. The summed E-state index contributed by atoms with van der Waals surface area (Å²) in [6.45, 7) is 1.52. The maximum atomic E-state index is 12.3. The maximum Gasteiger partial charge on any atom is 0.422 e. The van der Waals surface area contributed by atoms with Gasteiger partial charge in [0.25, 0.3) is 5.91 Å². The summed E-state index contributed by atoms with van der Waals surface area (Å²) in [7, 11) is 0. The fourth-order valence-corrected chi connectivity index (χ4v) is 2.12. The lowest BCUT2D eigenvalue weighted by Crippen LogP contribution is -2.28. The van der Waals surface area contributed by atoms with E-state index in [9.17, 15) is 27.9 Å². The van der Waals surface area contributed by atoms with Crippen molar-refractivity contribution in [2.24, 2.45) is 0 Å². The molecular weight excluding hydrogens is 365 g/mol. The number of pyridine rings is 1. The highest BCUT2D eigenvalue weighted by molar-refractivity contribution is 6.05. The second kappa shape index (κ2) is 7.65. The van der Waals surface area contributed by atoms with Gasteiger partial charge in [-0.3, -0.25) is 9.59 Å². The van der Waals surface area contributed by atoms with Gasteiger partial charge >= 0.3 is 12.1 Å². The van der Waals surface area contributed by atoms with Crippen molar-refractivity contribution in [3.8, 4) is 5.88 Å². The zero-order valence-corrected chi connectivity index (χ0v) is 14.5. The van der Waals surface area contributed by atoms with E-state index < -0.39 is 36.0 Å². The number of carboxylic acid groups (broad SMARTS) is 1. The minimum absolute atomic E-state index is 0.156. The number of carbonyl (C=O) groups excluding carboxylic acids is 1. The molecule has 0 aliphatic carbocycles. The molecule has 1 heterocycles. The lowest BCUT2D eigenvalue weighted by molar-refractivity contribution is -0.154. The third-order valence-electron chi connectivity index (χ3n) is 3.79. The molecule has 0 unspecified atom stereocenters. The van der Waals surface area contributed by atoms with E-state index >= 15 is 0 Å². The third kappa shape index (κ3) is 5.19. The molecule has 1 aromatic carbocycles. The smallest absolute Gasteiger partial charge is 0.422 e. The first-order chi connectivity index (χ1) is 12.5. The van der Waals surface area contributed by atoms with Crippen LogP contribution in [0.25, 0.3) is 0 Å². The molecule has 2 N–H and O–H groups in total. The number of carboxylic acids is 1. The molecule has 2 rings (SSSR count). The largest absolute Gasteiger partial charge is 0.481 e. The molecule has 144 valence electrons. The highest BCUT2D eigenvalue weighted by Crippen LogP contribution is 2.25. The second-order valence-electron chi connectivity index (χ2n) is 6.22. The minimum atomic E-state index is -4.56. The number of aliphatic carboxylic acids is 1. The van der Waals surface area contributed by atoms with Crippen LogP contribution in [-0.4, -0.2) is 34.8 Å². The average molecular weight is 382 g/mol. The predicted octanol–water partition coefficient (Wildman–Crippen LogP) is 3.64. The van der Waals surface area contributed by atoms with E-state index in [0.717, 1.165) is 0 Å². The molecular formula is C18H17F3N2O4. The van der Waals surface area contributed by atoms with Crippen molar-refractivity contribution < 1.29 is 32.6 Å². The van der Waals surface area contributed by atoms with Crippen LogP contribution in [0.3, 0.4) is 0 Å². The monoisotopic (exact) mass is 382 g/mol. The Morgan fingerprint density at radius 3 is 2.33 bits per heavy atom. The summed E-state index contributed by atoms with van der Waals surface area (Å²) in [4.78, 5) is 27.3. The summed E-state index contributed by atoms with van der Waals surface area (Å²) in [6.07, 6.45) is -3.34. The lowest BCUT2D eigenvalue weighted by atomic mass is 9.85. The van der Waals surface area contributed by atoms with Crippen molar-refractivity contribution in [2.75, 3.05) is 11.9 Å². The van der Waals surface area contributed by atoms with Crippen LogP contribution in [0.15, 0.2) is 42.6 Å². The van der Waals surface area contributed by atoms with Crippen LogP contribution >= 0.6 is 0 Å². The van der Waals surface area contributed by atoms with Crippen LogP contribution in [0, 0.1) is 0 Å². The molecule has 0 aliphatic rings. The molecule has 0 atom stereocenters. The summed E-state index contributed by atoms with van der Waals surface area (Å²) in [5.41, 5.74) is -0.388. The Morgan fingerprint density at radius 1 is 1.15 bits per heavy atom. The quantitative estimate of drug-likeness (QED) is 0.796. The molecule has 1 amide bonds. The summed E-state index contributed by atoms with van der Waals surface area (Å²) >= 11 is 0. The van der Waals surface area contributed by atoms with Crippen molar-refractivity contribution in [1.29, 1.82) is 0 Å². The average Bonchev–Trinajstić information content (AvgIpc) is 2.60. The fraction of sp³-hybridized carbons (Fsp3) is 0.278. The van der Waals surface area contributed by atoms with E-state index in [1.54, 1.807) is 26.0 Å². The Kier molecular flexibility index (Phi) is 5.72. The number of nitrogens with zero attached hydrogens (tertiary/aromatic N) is 1. The van der Waals surface area contributed by atoms with Crippen molar-refractivity contribution in [3.63, 3.8) is 0 Å². The molecule has 6 nitrogen and oxygen atoms in total. The van der Waals surface area contributed by atoms with Gasteiger partial charge in [0.15, 0.2) is 6.61 Å². The molecule has 0 saturated carbocycles. The van der Waals surface area contributed by atoms with Gasteiger partial charge in [0.1, 0.15) is 5.56 Å². The number of halogens is 3. The number of aromatic nitrogens is 1. The first-order valence-corrected chi connectivity index (χ1v) is 7.80. The number of hydrogen-bond donors (Lipinski definition) is 2. The highest BCUT2D eigenvalue weighted by atomic mass is 19.4. The van der Waals surface area contributed by atoms with Crippen molar-refractivity contribution in [1.82, 2.24) is 4.98 Å². The van der Waals surface area contributed by atoms with Gasteiger partial charge in [-0.15, -0.1) is 0 Å². The zero-order chi connectivity index (χ0) is 20.2. The van der Waals surface area contributed by atoms with E-state index in [4.69, 9.17) is 0 Å². The normalized spacial score (nSPS) is 11.7. The number of amides is 1. The van der Waals surface area contributed by atoms with E-state index in [1.165, 1.54) is 30.5 Å². The van der Waals surface area contributed by atoms with Gasteiger partial charge in [-0.05, 0) is 43.7 Å². The van der Waals surface area contributed by atoms with Crippen molar-refractivity contribution in [2.45, 2.75) is 25.4 Å². The Labute approximate surface area is 153 Å². The van der Waals surface area contributed by atoms with Gasteiger partial charge in [-0.25, -0.2) is 4.98 Å². The summed E-state index contributed by atoms with van der Waals surface area (Å²) in [5.74, 6) is -2.14. The number of anilines is 1. The van der Waals surface area contributed by atoms with Gasteiger partial charge in [-0.1, -0.05) is 12.1 Å². The van der Waals surface area contributed by atoms with Crippen LogP contribution in [0.4, 0.5) is 18.9 Å². The van der Waals surface area contributed by atoms with Crippen LogP contribution in [0.2, 0.25) is 0 Å². The molecule has 0 saturated heterocycles. The highest BCUT2D eigenvalue weighted by Gasteiger charge is 2.30. The topological polar surface area (TPSA) is 88.5 Å². The van der Waals surface area contributed by atoms with Crippen LogP contribution in [0.5, 0.6) is 5.88 Å². The van der Waals surface area contributed by atoms with E-state index in [1.807, 2.05) is 0 Å². The SMILES string of the molecule is CC(C)(C(=O)O)c1ccc(NC(=O)c2cccnc2OCC(F)(F)F)cc1. The number of alkyl halides is 3. The maximum absolute atomic E-state index is 12.3. The minimum Gasteiger partial charge on any atom is -0.481 e. The first kappa shape index (κ1) is 20.2. The number of ether oxygens (including phenoxy) is 1. The van der Waals surface area contributed by atoms with Crippen LogP contribution < -0.4 is 10.1 Å². The van der Waals surface area contributed by atoms with Crippen molar-refractivity contribution in [3.05, 3.63) is 53.7 Å². The Bertz CT molecular complexity index is 833. The summed E-state index contributed by atoms with van der Waals surface area (Å²) in [6, 6.07) is 8.79. The lowest BCUT2D eigenvalue weighted by Gasteiger charge is -2.20. The van der Waals surface area contributed by atoms with Gasteiger partial charge < -0.3 is 15.2 Å². The Hall–Kier alpha value is -3.10. The predicted molar refractivity (Wildman–Crippen MR) is 90.8 cm³/mol. The van der Waals surface area contributed by atoms with Crippen molar-refractivity contribution >= 4 is 17.6 Å². The third-order valence-corrected chi connectivity index (χ3v) is 3.79. The van der Waals surface area contributed by atoms with E-state index in [-0.39, 0.29) is 5.56 Å². The molecule has 0 aliphatic heterocycles. The number of carbonyl (C=O) groups is 2. The molecule has 0 spiro atoms. The molecule has 27 heavy (non-hydrogen) atoms. The van der Waals surface area contributed by atoms with E-state index in [0.29, 0.717) is 11.3 Å². The first-order valence-electron chi connectivity index (χ1n) is 7.80. The number of rotatable bonds is 6. The molecule has 1 aromatic heterocycles. The van der Waals surface area contributed by atoms with Gasteiger partial charge in [0, 0.05) is 11.9 Å². The van der Waals surface area contributed by atoms with Crippen LogP contribution in [0.1, 0.15) is 29.8 Å². The number of nitrogens with one attached hydrogen (secondary N) is 1. The number of hydrogen-bond acceptors (Lipinski definition) is 4. The number of benzene rings is 1. The molecule has 9 heteroatoms. The molecule has 0 fully saturated rings. The second-order valence-corrected chi connectivity index (χ2v) is 6.22. The summed E-state index contributed by atoms with van der Waals surface area (Å²) < 4.78 is 41.5. The Balaban J connectivity index is 2.15.